The number of fused-ring (bicyclic) bond motifs is 1. The number of hydrogen-bond acceptors (Lipinski definition) is 7. The maximum atomic E-state index is 5.28. The largest absolute Gasteiger partial charge is 0.497 e. The van der Waals surface area contributed by atoms with Crippen LogP contribution in [0.1, 0.15) is 12.8 Å². The molecule has 0 aliphatic carbocycles. The summed E-state index contributed by atoms with van der Waals surface area (Å²) in [4.78, 5) is 8.64. The third-order valence-electron chi connectivity index (χ3n) is 4.19. The quantitative estimate of drug-likeness (QED) is 0.546. The Morgan fingerprint density at radius 1 is 1.40 bits per heavy atom. The Bertz CT molecular complexity index is 899. The molecular formula is C17H19N7O. The highest BCUT2D eigenvalue weighted by Gasteiger charge is 2.13. The average Bonchev–Trinajstić information content (AvgIpc) is 3.32. The fourth-order valence-electron chi connectivity index (χ4n) is 2.89. The Morgan fingerprint density at radius 2 is 2.36 bits per heavy atom. The highest BCUT2D eigenvalue weighted by atomic mass is 16.5. The molecule has 2 aromatic heterocycles. The van der Waals surface area contributed by atoms with Crippen LogP contribution in [-0.4, -0.2) is 45.7 Å². The van der Waals surface area contributed by atoms with Crippen molar-refractivity contribution >= 4 is 23.1 Å². The Labute approximate surface area is 144 Å². The number of benzene rings is 1. The number of nitrogens with one attached hydrogen (secondary N) is 2. The van der Waals surface area contributed by atoms with Gasteiger partial charge in [-0.05, 0) is 31.5 Å². The molecule has 1 unspecified atom stereocenters. The number of methoxy groups -OCH3 is 1. The number of hydrogen-bond donors (Lipinski definition) is 2. The molecule has 0 saturated carbocycles. The van der Waals surface area contributed by atoms with E-state index in [2.05, 4.69) is 30.9 Å². The Hall–Kier alpha value is -3.00. The zero-order valence-electron chi connectivity index (χ0n) is 13.9. The molecule has 3 aromatic rings. The van der Waals surface area contributed by atoms with Crippen LogP contribution in [0.2, 0.25) is 0 Å². The van der Waals surface area contributed by atoms with Crippen molar-refractivity contribution in [2.24, 2.45) is 5.10 Å². The van der Waals surface area contributed by atoms with E-state index in [0.29, 0.717) is 17.5 Å². The van der Waals surface area contributed by atoms with Crippen molar-refractivity contribution in [2.75, 3.05) is 19.1 Å². The molecule has 8 nitrogen and oxygen atoms in total. The van der Waals surface area contributed by atoms with Crippen molar-refractivity contribution in [3.8, 4) is 11.4 Å². The number of ether oxygens (including phenoxy) is 1. The second-order valence-electron chi connectivity index (χ2n) is 5.81. The van der Waals surface area contributed by atoms with Gasteiger partial charge in [0.25, 0.3) is 0 Å². The summed E-state index contributed by atoms with van der Waals surface area (Å²) in [5.74, 6) is 1.40. The van der Waals surface area contributed by atoms with Crippen LogP contribution in [0.25, 0.3) is 16.7 Å². The Morgan fingerprint density at radius 3 is 3.20 bits per heavy atom. The van der Waals surface area contributed by atoms with Crippen LogP contribution in [0.4, 0.5) is 5.82 Å². The maximum Gasteiger partial charge on any atom is 0.168 e. The number of nitrogens with zero attached hydrogens (tertiary/aromatic N) is 5. The van der Waals surface area contributed by atoms with Crippen LogP contribution in [0.15, 0.2) is 41.9 Å². The second-order valence-corrected chi connectivity index (χ2v) is 5.81. The van der Waals surface area contributed by atoms with Crippen molar-refractivity contribution in [3.63, 3.8) is 0 Å². The molecule has 1 atom stereocenters. The van der Waals surface area contributed by atoms with E-state index in [-0.39, 0.29) is 0 Å². The first-order chi connectivity index (χ1) is 12.3. The van der Waals surface area contributed by atoms with E-state index in [1.54, 1.807) is 18.0 Å². The summed E-state index contributed by atoms with van der Waals surface area (Å²) in [5.41, 5.74) is 4.58. The molecule has 1 aliphatic rings. The smallest absolute Gasteiger partial charge is 0.168 e. The summed E-state index contributed by atoms with van der Waals surface area (Å²) >= 11 is 0. The van der Waals surface area contributed by atoms with E-state index in [1.807, 2.05) is 30.5 Å². The van der Waals surface area contributed by atoms with Gasteiger partial charge in [0.15, 0.2) is 11.5 Å². The van der Waals surface area contributed by atoms with E-state index < -0.39 is 0 Å². The minimum Gasteiger partial charge on any atom is -0.497 e. The zero-order chi connectivity index (χ0) is 17.1. The molecule has 25 heavy (non-hydrogen) atoms. The molecule has 0 spiro atoms. The lowest BCUT2D eigenvalue weighted by Gasteiger charge is -2.06. The van der Waals surface area contributed by atoms with Crippen LogP contribution in [0.3, 0.4) is 0 Å². The molecule has 1 aromatic carbocycles. The van der Waals surface area contributed by atoms with Crippen LogP contribution in [-0.2, 0) is 0 Å². The van der Waals surface area contributed by atoms with Crippen molar-refractivity contribution in [1.29, 1.82) is 0 Å². The SMILES string of the molecule is COc1cccc(-n2ncc3c(N/N=C/C4CCCN4)ncnc32)c1. The standard InChI is InChI=1S/C17H19N7O/c1-25-14-6-2-5-13(8-14)24-17-15(10-22-24)16(19-11-20-17)23-21-9-12-4-3-7-18-12/h2,5-6,8-12,18H,3-4,7H2,1H3,(H,19,20,23)/b21-9+. The summed E-state index contributed by atoms with van der Waals surface area (Å²) in [7, 11) is 1.64. The molecule has 0 amide bonds. The molecular weight excluding hydrogens is 318 g/mol. The molecule has 3 heterocycles. The predicted octanol–water partition coefficient (Wildman–Crippen LogP) is 1.97. The van der Waals surface area contributed by atoms with E-state index in [1.165, 1.54) is 12.7 Å². The summed E-state index contributed by atoms with van der Waals surface area (Å²) in [6.07, 6.45) is 7.42. The van der Waals surface area contributed by atoms with Crippen molar-refractivity contribution < 1.29 is 4.74 Å². The van der Waals surface area contributed by atoms with Gasteiger partial charge in [0.2, 0.25) is 0 Å². The molecule has 0 bridgehead atoms. The van der Waals surface area contributed by atoms with Gasteiger partial charge in [-0.3, -0.25) is 5.43 Å². The molecule has 0 radical (unpaired) electrons. The van der Waals surface area contributed by atoms with Gasteiger partial charge in [-0.2, -0.15) is 10.2 Å². The molecule has 1 aliphatic heterocycles. The van der Waals surface area contributed by atoms with Crippen LogP contribution in [0, 0.1) is 0 Å². The van der Waals surface area contributed by atoms with Crippen molar-refractivity contribution in [1.82, 2.24) is 25.1 Å². The van der Waals surface area contributed by atoms with Gasteiger partial charge in [-0.25, -0.2) is 14.6 Å². The van der Waals surface area contributed by atoms with Gasteiger partial charge < -0.3 is 10.1 Å². The number of rotatable bonds is 5. The molecule has 8 heteroatoms. The first kappa shape index (κ1) is 15.5. The second kappa shape index (κ2) is 6.86. The highest BCUT2D eigenvalue weighted by Crippen LogP contribution is 2.23. The van der Waals surface area contributed by atoms with Gasteiger partial charge in [0.05, 0.1) is 24.4 Å². The maximum absolute atomic E-state index is 5.28. The first-order valence-corrected chi connectivity index (χ1v) is 8.21. The number of hydrazone groups is 1. The normalized spacial score (nSPS) is 17.4. The topological polar surface area (TPSA) is 89.2 Å². The lowest BCUT2D eigenvalue weighted by Crippen LogP contribution is -2.22. The highest BCUT2D eigenvalue weighted by molar-refractivity contribution is 5.87. The molecule has 4 rings (SSSR count). The molecule has 128 valence electrons. The van der Waals surface area contributed by atoms with Gasteiger partial charge >= 0.3 is 0 Å². The van der Waals surface area contributed by atoms with Crippen molar-refractivity contribution in [3.05, 3.63) is 36.8 Å². The van der Waals surface area contributed by atoms with E-state index >= 15 is 0 Å². The minimum atomic E-state index is 0.323. The third kappa shape index (κ3) is 3.16. The Kier molecular flexibility index (Phi) is 4.26. The zero-order valence-corrected chi connectivity index (χ0v) is 13.9. The van der Waals surface area contributed by atoms with Gasteiger partial charge in [-0.1, -0.05) is 6.07 Å². The lowest BCUT2D eigenvalue weighted by atomic mass is 10.2. The van der Waals surface area contributed by atoms with E-state index in [4.69, 9.17) is 4.74 Å². The average molecular weight is 337 g/mol. The minimum absolute atomic E-state index is 0.323. The Balaban J connectivity index is 1.63. The van der Waals surface area contributed by atoms with Gasteiger partial charge in [-0.15, -0.1) is 0 Å². The van der Waals surface area contributed by atoms with Gasteiger partial charge in [0, 0.05) is 18.3 Å². The number of aromatic nitrogens is 4. The number of anilines is 1. The van der Waals surface area contributed by atoms with E-state index in [0.717, 1.165) is 29.8 Å². The fourth-order valence-corrected chi connectivity index (χ4v) is 2.89. The van der Waals surface area contributed by atoms with Gasteiger partial charge in [0.1, 0.15) is 12.1 Å². The summed E-state index contributed by atoms with van der Waals surface area (Å²) in [6, 6.07) is 7.99. The predicted molar refractivity (Wildman–Crippen MR) is 96.4 cm³/mol. The molecule has 2 N–H and O–H groups in total. The first-order valence-electron chi connectivity index (χ1n) is 8.21. The fraction of sp³-hybridized carbons (Fsp3) is 0.294. The van der Waals surface area contributed by atoms with Crippen molar-refractivity contribution in [2.45, 2.75) is 18.9 Å². The summed E-state index contributed by atoms with van der Waals surface area (Å²) in [5, 5.41) is 12.9. The summed E-state index contributed by atoms with van der Waals surface area (Å²) in [6.45, 7) is 1.04. The third-order valence-corrected chi connectivity index (χ3v) is 4.19. The molecule has 1 saturated heterocycles. The van der Waals surface area contributed by atoms with E-state index in [9.17, 15) is 0 Å². The van der Waals surface area contributed by atoms with Crippen LogP contribution >= 0.6 is 0 Å². The van der Waals surface area contributed by atoms with Crippen LogP contribution < -0.4 is 15.5 Å². The molecule has 1 fully saturated rings. The summed E-state index contributed by atoms with van der Waals surface area (Å²) < 4.78 is 7.04. The monoisotopic (exact) mass is 337 g/mol. The lowest BCUT2D eigenvalue weighted by molar-refractivity contribution is 0.414. The van der Waals surface area contributed by atoms with Crippen LogP contribution in [0.5, 0.6) is 5.75 Å².